The van der Waals surface area contributed by atoms with E-state index in [1.165, 1.54) is 0 Å². The van der Waals surface area contributed by atoms with Crippen molar-refractivity contribution in [2.45, 2.75) is 37.0 Å². The molecule has 4 atom stereocenters. The summed E-state index contributed by atoms with van der Waals surface area (Å²) < 4.78 is 0. The van der Waals surface area contributed by atoms with Crippen LogP contribution >= 0.6 is 0 Å². The quantitative estimate of drug-likeness (QED) is 0.147. The molecule has 0 spiro atoms. The van der Waals surface area contributed by atoms with Crippen LogP contribution in [-0.4, -0.2) is 87.5 Å². The Bertz CT molecular complexity index is 818. The number of carboxylic acid groups (broad SMARTS) is 2. The number of aliphatic hydroxyl groups is 2. The maximum atomic E-state index is 12.6. The van der Waals surface area contributed by atoms with Gasteiger partial charge in [0.25, 0.3) is 0 Å². The number of amides is 3. The van der Waals surface area contributed by atoms with E-state index in [0.29, 0.717) is 5.56 Å². The minimum Gasteiger partial charge on any atom is -0.481 e. The van der Waals surface area contributed by atoms with Crippen LogP contribution in [0.5, 0.6) is 0 Å². The van der Waals surface area contributed by atoms with Crippen LogP contribution in [0.1, 0.15) is 12.0 Å². The lowest BCUT2D eigenvalue weighted by molar-refractivity contribution is -0.143. The third-order valence-corrected chi connectivity index (χ3v) is 4.26. The summed E-state index contributed by atoms with van der Waals surface area (Å²) in [5.41, 5.74) is 5.91. The topological polar surface area (TPSA) is 228 Å². The van der Waals surface area contributed by atoms with E-state index >= 15 is 0 Å². The summed E-state index contributed by atoms with van der Waals surface area (Å²) >= 11 is 0. The molecule has 1 rings (SSSR count). The molecule has 0 heterocycles. The van der Waals surface area contributed by atoms with Gasteiger partial charge in [-0.2, -0.15) is 0 Å². The highest BCUT2D eigenvalue weighted by molar-refractivity contribution is 5.95. The number of carbonyl (C=O) groups is 5. The number of nitrogens with two attached hydrogens (primary N) is 1. The molecule has 0 bridgehead atoms. The van der Waals surface area contributed by atoms with E-state index in [9.17, 15) is 34.2 Å². The van der Waals surface area contributed by atoms with Gasteiger partial charge in [-0.15, -0.1) is 0 Å². The first-order chi connectivity index (χ1) is 15.1. The van der Waals surface area contributed by atoms with Gasteiger partial charge in [0.05, 0.1) is 19.6 Å². The van der Waals surface area contributed by atoms with Crippen molar-refractivity contribution >= 4 is 29.7 Å². The van der Waals surface area contributed by atoms with E-state index in [2.05, 4.69) is 10.6 Å². The third kappa shape index (κ3) is 8.67. The first kappa shape index (κ1) is 26.5. The number of benzene rings is 1. The van der Waals surface area contributed by atoms with Crippen molar-refractivity contribution in [2.75, 3.05) is 13.2 Å². The zero-order valence-corrected chi connectivity index (χ0v) is 16.9. The van der Waals surface area contributed by atoms with E-state index in [1.807, 2.05) is 5.32 Å². The molecule has 176 valence electrons. The van der Waals surface area contributed by atoms with E-state index in [0.717, 1.165) is 0 Å². The molecule has 0 aromatic heterocycles. The molecule has 1 aromatic carbocycles. The zero-order valence-electron chi connectivity index (χ0n) is 16.9. The smallest absolute Gasteiger partial charge is 0.326 e. The molecule has 3 amide bonds. The fourth-order valence-corrected chi connectivity index (χ4v) is 2.53. The fourth-order valence-electron chi connectivity index (χ4n) is 2.53. The van der Waals surface area contributed by atoms with Crippen LogP contribution in [0, 0.1) is 0 Å². The lowest BCUT2D eigenvalue weighted by atomic mass is 10.0. The Morgan fingerprint density at radius 3 is 1.81 bits per heavy atom. The third-order valence-electron chi connectivity index (χ3n) is 4.26. The van der Waals surface area contributed by atoms with Gasteiger partial charge in [0.15, 0.2) is 0 Å². The average Bonchev–Trinajstić information content (AvgIpc) is 2.75. The number of hydrogen-bond donors (Lipinski definition) is 8. The number of rotatable bonds is 13. The number of aliphatic hydroxyl groups excluding tert-OH is 2. The van der Waals surface area contributed by atoms with Gasteiger partial charge in [-0.05, 0) is 5.56 Å². The fraction of sp³-hybridized carbons (Fsp3) is 0.421. The van der Waals surface area contributed by atoms with Crippen LogP contribution in [-0.2, 0) is 30.4 Å². The van der Waals surface area contributed by atoms with Gasteiger partial charge in [-0.1, -0.05) is 30.3 Å². The Balaban J connectivity index is 2.91. The van der Waals surface area contributed by atoms with Crippen molar-refractivity contribution in [3.05, 3.63) is 35.9 Å². The molecule has 0 aliphatic rings. The highest BCUT2D eigenvalue weighted by atomic mass is 16.4. The Kier molecular flexibility index (Phi) is 10.8. The predicted molar refractivity (Wildman–Crippen MR) is 108 cm³/mol. The summed E-state index contributed by atoms with van der Waals surface area (Å²) in [7, 11) is 0. The largest absolute Gasteiger partial charge is 0.481 e. The van der Waals surface area contributed by atoms with Crippen LogP contribution in [0.15, 0.2) is 30.3 Å². The SMILES string of the molecule is NC(CO)C(=O)NC(CO)C(=O)NC(CC(=O)O)C(=O)NC(Cc1ccccc1)C(=O)O. The van der Waals surface area contributed by atoms with Gasteiger partial charge >= 0.3 is 11.9 Å². The van der Waals surface area contributed by atoms with E-state index in [-0.39, 0.29) is 6.42 Å². The Morgan fingerprint density at radius 1 is 0.781 bits per heavy atom. The van der Waals surface area contributed by atoms with Crippen LogP contribution in [0.2, 0.25) is 0 Å². The molecule has 0 saturated heterocycles. The van der Waals surface area contributed by atoms with Crippen molar-refractivity contribution in [1.82, 2.24) is 16.0 Å². The summed E-state index contributed by atoms with van der Waals surface area (Å²) in [6.45, 7) is -1.64. The molecule has 32 heavy (non-hydrogen) atoms. The van der Waals surface area contributed by atoms with Crippen LogP contribution in [0.4, 0.5) is 0 Å². The summed E-state index contributed by atoms with van der Waals surface area (Å²) in [5, 5.41) is 43.0. The van der Waals surface area contributed by atoms with Crippen LogP contribution < -0.4 is 21.7 Å². The van der Waals surface area contributed by atoms with Gasteiger partial charge in [0.2, 0.25) is 17.7 Å². The molecule has 1 aromatic rings. The Labute approximate surface area is 182 Å². The number of hydrogen-bond acceptors (Lipinski definition) is 8. The highest BCUT2D eigenvalue weighted by Gasteiger charge is 2.31. The summed E-state index contributed by atoms with van der Waals surface area (Å²) in [6.07, 6.45) is -0.985. The van der Waals surface area contributed by atoms with Gasteiger partial charge < -0.3 is 42.1 Å². The lowest BCUT2D eigenvalue weighted by Gasteiger charge is -2.23. The van der Waals surface area contributed by atoms with Crippen molar-refractivity contribution in [3.8, 4) is 0 Å². The maximum absolute atomic E-state index is 12.6. The number of carbonyl (C=O) groups excluding carboxylic acids is 3. The maximum Gasteiger partial charge on any atom is 0.326 e. The molecule has 0 saturated carbocycles. The van der Waals surface area contributed by atoms with E-state index in [1.54, 1.807) is 30.3 Å². The van der Waals surface area contributed by atoms with Crippen molar-refractivity contribution in [1.29, 1.82) is 0 Å². The van der Waals surface area contributed by atoms with Crippen molar-refractivity contribution < 1.29 is 44.4 Å². The second-order valence-corrected chi connectivity index (χ2v) is 6.78. The molecule has 0 aliphatic carbocycles. The number of nitrogens with one attached hydrogen (secondary N) is 3. The molecule has 0 aliphatic heterocycles. The average molecular weight is 454 g/mol. The zero-order chi connectivity index (χ0) is 24.3. The van der Waals surface area contributed by atoms with Gasteiger partial charge in [0.1, 0.15) is 24.2 Å². The normalized spacial score (nSPS) is 14.3. The first-order valence-electron chi connectivity index (χ1n) is 9.46. The Hall–Kier alpha value is -3.55. The van der Waals surface area contributed by atoms with E-state index < -0.39 is 73.5 Å². The second kappa shape index (κ2) is 13.0. The van der Waals surface area contributed by atoms with Crippen molar-refractivity contribution in [2.24, 2.45) is 5.73 Å². The van der Waals surface area contributed by atoms with Crippen molar-refractivity contribution in [3.63, 3.8) is 0 Å². The molecule has 13 nitrogen and oxygen atoms in total. The molecule has 13 heteroatoms. The number of aliphatic carboxylic acids is 2. The highest BCUT2D eigenvalue weighted by Crippen LogP contribution is 2.05. The first-order valence-corrected chi connectivity index (χ1v) is 9.46. The van der Waals surface area contributed by atoms with Crippen LogP contribution in [0.3, 0.4) is 0 Å². The van der Waals surface area contributed by atoms with Crippen LogP contribution in [0.25, 0.3) is 0 Å². The predicted octanol–water partition coefficient (Wildman–Crippen LogP) is -3.45. The Morgan fingerprint density at radius 2 is 1.31 bits per heavy atom. The monoisotopic (exact) mass is 454 g/mol. The summed E-state index contributed by atoms with van der Waals surface area (Å²) in [5.74, 6) is -6.00. The van der Waals surface area contributed by atoms with Gasteiger partial charge in [0, 0.05) is 6.42 Å². The molecular weight excluding hydrogens is 428 g/mol. The minimum atomic E-state index is -1.70. The molecule has 9 N–H and O–H groups in total. The molecule has 4 unspecified atom stereocenters. The standard InChI is InChI=1S/C19H26N4O9/c20-11(8-24)16(28)23-14(9-25)18(30)21-12(7-15(26)27)17(29)22-13(19(31)32)6-10-4-2-1-3-5-10/h1-5,11-14,24-25H,6-9,20H2,(H,21,30)(H,22,29)(H,23,28)(H,26,27)(H,31,32). The van der Waals surface area contributed by atoms with Gasteiger partial charge in [-0.25, -0.2) is 4.79 Å². The molecule has 0 radical (unpaired) electrons. The molecular formula is C19H26N4O9. The lowest BCUT2D eigenvalue weighted by Crippen LogP contribution is -2.58. The summed E-state index contributed by atoms with van der Waals surface area (Å²) in [4.78, 5) is 59.3. The molecule has 0 fully saturated rings. The van der Waals surface area contributed by atoms with Gasteiger partial charge in [-0.3, -0.25) is 19.2 Å². The minimum absolute atomic E-state index is 0.0932. The van der Waals surface area contributed by atoms with E-state index in [4.69, 9.17) is 15.9 Å². The summed E-state index contributed by atoms with van der Waals surface area (Å²) in [6, 6.07) is 2.29. The second-order valence-electron chi connectivity index (χ2n) is 6.78. The number of carboxylic acids is 2.